The Labute approximate surface area is 167 Å². The SMILES string of the molecule is COc1cc(CN(C)Cc2n[nH]c3c2CCC3)ccc1OCCN1CCCC1. The number of fused-ring (bicyclic) bond motifs is 1. The number of nitrogens with one attached hydrogen (secondary N) is 1. The Bertz CT molecular complexity index is 783. The summed E-state index contributed by atoms with van der Waals surface area (Å²) >= 11 is 0. The topological polar surface area (TPSA) is 53.6 Å². The maximum atomic E-state index is 5.99. The first-order valence-corrected chi connectivity index (χ1v) is 10.5. The Hall–Kier alpha value is -2.05. The molecule has 4 rings (SSSR count). The van der Waals surface area contributed by atoms with Gasteiger partial charge in [-0.15, -0.1) is 0 Å². The van der Waals surface area contributed by atoms with Crippen LogP contribution in [0.2, 0.25) is 0 Å². The predicted molar refractivity (Wildman–Crippen MR) is 110 cm³/mol. The Morgan fingerprint density at radius 2 is 1.96 bits per heavy atom. The quantitative estimate of drug-likeness (QED) is 0.720. The van der Waals surface area contributed by atoms with Gasteiger partial charge in [-0.25, -0.2) is 0 Å². The molecule has 1 aromatic carbocycles. The molecule has 0 unspecified atom stereocenters. The average Bonchev–Trinajstić information content (AvgIpc) is 3.43. The minimum Gasteiger partial charge on any atom is -0.493 e. The summed E-state index contributed by atoms with van der Waals surface area (Å²) < 4.78 is 11.6. The molecule has 1 fully saturated rings. The van der Waals surface area contributed by atoms with E-state index in [0.29, 0.717) is 6.61 Å². The van der Waals surface area contributed by atoms with Gasteiger partial charge >= 0.3 is 0 Å². The highest BCUT2D eigenvalue weighted by Gasteiger charge is 2.19. The van der Waals surface area contributed by atoms with Gasteiger partial charge in [0.05, 0.1) is 12.8 Å². The summed E-state index contributed by atoms with van der Waals surface area (Å²) in [5.41, 5.74) is 5.19. The van der Waals surface area contributed by atoms with Crippen molar-refractivity contribution in [3.63, 3.8) is 0 Å². The number of aromatic amines is 1. The molecule has 152 valence electrons. The number of hydrogen-bond donors (Lipinski definition) is 1. The number of likely N-dealkylation sites (tertiary alicyclic amines) is 1. The number of benzene rings is 1. The smallest absolute Gasteiger partial charge is 0.161 e. The van der Waals surface area contributed by atoms with E-state index in [0.717, 1.165) is 44.0 Å². The number of rotatable bonds is 9. The predicted octanol–water partition coefficient (Wildman–Crippen LogP) is 3.01. The minimum atomic E-state index is 0.708. The molecule has 2 heterocycles. The van der Waals surface area contributed by atoms with Crippen molar-refractivity contribution in [2.75, 3.05) is 40.4 Å². The van der Waals surface area contributed by atoms with E-state index in [2.05, 4.69) is 39.2 Å². The first kappa shape index (κ1) is 19.3. The van der Waals surface area contributed by atoms with E-state index in [1.807, 2.05) is 6.07 Å². The summed E-state index contributed by atoms with van der Waals surface area (Å²) in [5, 5.41) is 7.72. The van der Waals surface area contributed by atoms with Crippen LogP contribution in [0.5, 0.6) is 11.5 Å². The van der Waals surface area contributed by atoms with Gasteiger partial charge in [0.2, 0.25) is 0 Å². The van der Waals surface area contributed by atoms with Gasteiger partial charge in [0, 0.05) is 25.3 Å². The first-order chi connectivity index (χ1) is 13.7. The second-order valence-electron chi connectivity index (χ2n) is 8.04. The molecule has 1 aromatic heterocycles. The monoisotopic (exact) mass is 384 g/mol. The highest BCUT2D eigenvalue weighted by atomic mass is 16.5. The van der Waals surface area contributed by atoms with Crippen LogP contribution in [0, 0.1) is 0 Å². The summed E-state index contributed by atoms with van der Waals surface area (Å²) in [6.45, 7) is 5.81. The zero-order valence-electron chi connectivity index (χ0n) is 17.2. The van der Waals surface area contributed by atoms with E-state index in [-0.39, 0.29) is 0 Å². The molecule has 0 spiro atoms. The van der Waals surface area contributed by atoms with E-state index in [4.69, 9.17) is 9.47 Å². The molecule has 1 aliphatic carbocycles. The molecule has 0 saturated carbocycles. The molecule has 6 heteroatoms. The van der Waals surface area contributed by atoms with Crippen molar-refractivity contribution in [2.24, 2.45) is 0 Å². The maximum Gasteiger partial charge on any atom is 0.161 e. The molecule has 2 aromatic rings. The molecule has 1 aliphatic heterocycles. The van der Waals surface area contributed by atoms with Crippen LogP contribution in [0.3, 0.4) is 0 Å². The van der Waals surface area contributed by atoms with Gasteiger partial charge in [-0.3, -0.25) is 14.9 Å². The average molecular weight is 385 g/mol. The second-order valence-corrected chi connectivity index (χ2v) is 8.04. The highest BCUT2D eigenvalue weighted by molar-refractivity contribution is 5.43. The van der Waals surface area contributed by atoms with Crippen LogP contribution in [0.1, 0.15) is 41.8 Å². The third-order valence-corrected chi connectivity index (χ3v) is 5.86. The molecular weight excluding hydrogens is 352 g/mol. The molecule has 1 saturated heterocycles. The molecule has 6 nitrogen and oxygen atoms in total. The molecule has 1 N–H and O–H groups in total. The van der Waals surface area contributed by atoms with Crippen LogP contribution >= 0.6 is 0 Å². The van der Waals surface area contributed by atoms with Crippen LogP contribution in [-0.4, -0.2) is 60.4 Å². The normalized spacial score (nSPS) is 16.7. The molecule has 2 aliphatic rings. The lowest BCUT2D eigenvalue weighted by Crippen LogP contribution is -2.25. The summed E-state index contributed by atoms with van der Waals surface area (Å²) in [6.07, 6.45) is 6.17. The Kier molecular flexibility index (Phi) is 6.17. The van der Waals surface area contributed by atoms with E-state index in [1.54, 1.807) is 7.11 Å². The lowest BCUT2D eigenvalue weighted by molar-refractivity contribution is 0.230. The van der Waals surface area contributed by atoms with E-state index in [1.165, 1.54) is 54.9 Å². The third-order valence-electron chi connectivity index (χ3n) is 5.86. The zero-order valence-corrected chi connectivity index (χ0v) is 17.2. The van der Waals surface area contributed by atoms with Crippen LogP contribution in [0.4, 0.5) is 0 Å². The van der Waals surface area contributed by atoms with Gasteiger partial charge in [-0.05, 0) is 75.5 Å². The molecule has 0 bridgehead atoms. The van der Waals surface area contributed by atoms with Crippen molar-refractivity contribution < 1.29 is 9.47 Å². The third kappa shape index (κ3) is 4.50. The standard InChI is InChI=1S/C22H32N4O2/c1-25(16-20-18-6-5-7-19(18)23-24-20)15-17-8-9-21(22(14-17)27-2)28-13-12-26-10-3-4-11-26/h8-9,14H,3-7,10-13,15-16H2,1-2H3,(H,23,24). The van der Waals surface area contributed by atoms with Crippen molar-refractivity contribution in [2.45, 2.75) is 45.2 Å². The Morgan fingerprint density at radius 3 is 2.79 bits per heavy atom. The number of H-pyrrole nitrogens is 1. The number of ether oxygens (including phenoxy) is 2. The molecule has 0 amide bonds. The summed E-state index contributed by atoms with van der Waals surface area (Å²) in [4.78, 5) is 4.76. The molecular formula is C22H32N4O2. The Morgan fingerprint density at radius 1 is 1.11 bits per heavy atom. The summed E-state index contributed by atoms with van der Waals surface area (Å²) in [5.74, 6) is 1.64. The van der Waals surface area contributed by atoms with Crippen LogP contribution < -0.4 is 9.47 Å². The van der Waals surface area contributed by atoms with Crippen LogP contribution in [0.25, 0.3) is 0 Å². The minimum absolute atomic E-state index is 0.708. The lowest BCUT2D eigenvalue weighted by atomic mass is 10.1. The Balaban J connectivity index is 1.32. The van der Waals surface area contributed by atoms with Gasteiger partial charge in [-0.2, -0.15) is 5.10 Å². The maximum absolute atomic E-state index is 5.99. The fraction of sp³-hybridized carbons (Fsp3) is 0.591. The van der Waals surface area contributed by atoms with Gasteiger partial charge in [0.1, 0.15) is 6.61 Å². The summed E-state index contributed by atoms with van der Waals surface area (Å²) in [6, 6.07) is 6.27. The number of hydrogen-bond acceptors (Lipinski definition) is 5. The van der Waals surface area contributed by atoms with Gasteiger partial charge in [-0.1, -0.05) is 6.07 Å². The van der Waals surface area contributed by atoms with Crippen molar-refractivity contribution in [1.82, 2.24) is 20.0 Å². The van der Waals surface area contributed by atoms with Crippen LogP contribution in [-0.2, 0) is 25.9 Å². The van der Waals surface area contributed by atoms with Gasteiger partial charge < -0.3 is 9.47 Å². The summed E-state index contributed by atoms with van der Waals surface area (Å²) in [7, 11) is 3.85. The number of aromatic nitrogens is 2. The van der Waals surface area contributed by atoms with Crippen LogP contribution in [0.15, 0.2) is 18.2 Å². The largest absolute Gasteiger partial charge is 0.493 e. The van der Waals surface area contributed by atoms with Crippen molar-refractivity contribution >= 4 is 0 Å². The van der Waals surface area contributed by atoms with E-state index < -0.39 is 0 Å². The molecule has 0 atom stereocenters. The van der Waals surface area contributed by atoms with E-state index in [9.17, 15) is 0 Å². The fourth-order valence-electron chi connectivity index (χ4n) is 4.36. The number of aryl methyl sites for hydroxylation is 1. The van der Waals surface area contributed by atoms with Gasteiger partial charge in [0.15, 0.2) is 11.5 Å². The number of methoxy groups -OCH3 is 1. The zero-order chi connectivity index (χ0) is 19.3. The van der Waals surface area contributed by atoms with Gasteiger partial charge in [0.25, 0.3) is 0 Å². The lowest BCUT2D eigenvalue weighted by Gasteiger charge is -2.19. The van der Waals surface area contributed by atoms with E-state index >= 15 is 0 Å². The van der Waals surface area contributed by atoms with Crippen molar-refractivity contribution in [3.8, 4) is 11.5 Å². The first-order valence-electron chi connectivity index (χ1n) is 10.5. The fourth-order valence-corrected chi connectivity index (χ4v) is 4.36. The highest BCUT2D eigenvalue weighted by Crippen LogP contribution is 2.29. The van der Waals surface area contributed by atoms with Crippen molar-refractivity contribution in [3.05, 3.63) is 40.7 Å². The molecule has 28 heavy (non-hydrogen) atoms. The van der Waals surface area contributed by atoms with Crippen molar-refractivity contribution in [1.29, 1.82) is 0 Å². The second kappa shape index (κ2) is 8.97. The molecule has 0 radical (unpaired) electrons. The number of nitrogens with zero attached hydrogens (tertiary/aromatic N) is 3.